The number of anilines is 1. The molecule has 2 rings (SSSR count). The molecule has 130 valence electrons. The summed E-state index contributed by atoms with van der Waals surface area (Å²) in [6, 6.07) is 7.77. The molecule has 0 saturated carbocycles. The number of nitrogens with one attached hydrogen (secondary N) is 1. The molecule has 0 fully saturated rings. The number of nitrogens with zero attached hydrogens (tertiary/aromatic N) is 2. The number of aromatic nitrogens is 2. The number of amides is 1. The maximum absolute atomic E-state index is 12.8. The van der Waals surface area contributed by atoms with Crippen LogP contribution in [0.4, 0.5) is 5.82 Å². The van der Waals surface area contributed by atoms with Crippen molar-refractivity contribution in [3.63, 3.8) is 0 Å². The van der Waals surface area contributed by atoms with Crippen molar-refractivity contribution in [2.75, 3.05) is 5.32 Å². The summed E-state index contributed by atoms with van der Waals surface area (Å²) in [7, 11) is 0. The zero-order valence-corrected chi connectivity index (χ0v) is 16.1. The molecule has 4 heteroatoms. The monoisotopic (exact) mass is 327 g/mol. The van der Waals surface area contributed by atoms with Crippen LogP contribution in [0.2, 0.25) is 0 Å². The van der Waals surface area contributed by atoms with Crippen molar-refractivity contribution in [3.8, 4) is 0 Å². The molecule has 1 aromatic heterocycles. The van der Waals surface area contributed by atoms with Crippen molar-refractivity contribution in [2.45, 2.75) is 66.3 Å². The van der Waals surface area contributed by atoms with Crippen molar-refractivity contribution < 1.29 is 4.79 Å². The normalized spacial score (nSPS) is 12.3. The van der Waals surface area contributed by atoms with Crippen LogP contribution in [0.5, 0.6) is 0 Å². The maximum Gasteiger partial charge on any atom is 0.257 e. The lowest BCUT2D eigenvalue weighted by Crippen LogP contribution is -2.27. The Morgan fingerprint density at radius 1 is 1.08 bits per heavy atom. The predicted molar refractivity (Wildman–Crippen MR) is 99.8 cm³/mol. The summed E-state index contributed by atoms with van der Waals surface area (Å²) in [5.41, 5.74) is 3.50. The van der Waals surface area contributed by atoms with Crippen molar-refractivity contribution >= 4 is 11.7 Å². The zero-order chi connectivity index (χ0) is 18.3. The molecule has 1 amide bonds. The molecule has 0 aliphatic carbocycles. The van der Waals surface area contributed by atoms with Gasteiger partial charge in [-0.1, -0.05) is 32.9 Å². The smallest absolute Gasteiger partial charge is 0.257 e. The molecule has 1 N–H and O–H groups in total. The van der Waals surface area contributed by atoms with Gasteiger partial charge >= 0.3 is 0 Å². The van der Waals surface area contributed by atoms with Gasteiger partial charge in [0, 0.05) is 17.0 Å². The molecule has 2 aromatic rings. The Kier molecular flexibility index (Phi) is 4.62. The van der Waals surface area contributed by atoms with Crippen molar-refractivity contribution in [1.29, 1.82) is 0 Å². The summed E-state index contributed by atoms with van der Waals surface area (Å²) < 4.78 is 1.90. The first-order chi connectivity index (χ1) is 10.9. The van der Waals surface area contributed by atoms with Crippen LogP contribution >= 0.6 is 0 Å². The average Bonchev–Trinajstić information content (AvgIpc) is 2.85. The lowest BCUT2D eigenvalue weighted by Gasteiger charge is -2.23. The first-order valence-electron chi connectivity index (χ1n) is 8.40. The van der Waals surface area contributed by atoms with E-state index in [2.05, 4.69) is 46.9 Å². The third-order valence-corrected chi connectivity index (χ3v) is 4.20. The summed E-state index contributed by atoms with van der Waals surface area (Å²) in [6.45, 7) is 16.6. The highest BCUT2D eigenvalue weighted by Crippen LogP contribution is 2.28. The molecule has 0 bridgehead atoms. The van der Waals surface area contributed by atoms with E-state index in [4.69, 9.17) is 5.10 Å². The minimum atomic E-state index is -0.215. The Balaban J connectivity index is 2.43. The topological polar surface area (TPSA) is 46.9 Å². The Hall–Kier alpha value is -2.10. The van der Waals surface area contributed by atoms with Crippen molar-refractivity contribution in [2.24, 2.45) is 0 Å². The SMILES string of the molecule is Cc1cccc(C(=O)Nc2cc(C(C)(C)C)nn2C(C)(C)C)c1C. The van der Waals surface area contributed by atoms with Crippen LogP contribution in [0, 0.1) is 13.8 Å². The highest BCUT2D eigenvalue weighted by atomic mass is 16.1. The Morgan fingerprint density at radius 2 is 1.71 bits per heavy atom. The maximum atomic E-state index is 12.8. The van der Waals surface area contributed by atoms with Crippen LogP contribution in [0.15, 0.2) is 24.3 Å². The Morgan fingerprint density at radius 3 is 2.25 bits per heavy atom. The molecule has 24 heavy (non-hydrogen) atoms. The van der Waals surface area contributed by atoms with Crippen molar-refractivity contribution in [3.05, 3.63) is 46.6 Å². The molecule has 0 spiro atoms. The molecule has 4 nitrogen and oxygen atoms in total. The number of carbonyl (C=O) groups excluding carboxylic acids is 1. The molecule has 0 saturated heterocycles. The molecule has 0 radical (unpaired) electrons. The summed E-state index contributed by atoms with van der Waals surface area (Å²) in [5.74, 6) is 0.639. The minimum absolute atomic E-state index is 0.0742. The van der Waals surface area contributed by atoms with Gasteiger partial charge in [0.1, 0.15) is 5.82 Å². The van der Waals surface area contributed by atoms with E-state index in [1.54, 1.807) is 0 Å². The summed E-state index contributed by atoms with van der Waals surface area (Å²) in [5, 5.41) is 7.80. The lowest BCUT2D eigenvalue weighted by atomic mass is 9.92. The third-order valence-electron chi connectivity index (χ3n) is 4.20. The van der Waals surface area contributed by atoms with Crippen LogP contribution in [0.1, 0.15) is 68.7 Å². The standard InChI is InChI=1S/C20H29N3O/c1-13-10-9-11-15(14(13)2)18(24)21-17-12-16(19(3,4)5)22-23(17)20(6,7)8/h9-12H,1-8H3,(H,21,24). The van der Waals surface area contributed by atoms with Gasteiger partial charge in [0.05, 0.1) is 11.2 Å². The second-order valence-corrected chi connectivity index (χ2v) is 8.45. The molecule has 0 aliphatic heterocycles. The highest BCUT2D eigenvalue weighted by Gasteiger charge is 2.26. The van der Waals surface area contributed by atoms with E-state index in [-0.39, 0.29) is 16.9 Å². The minimum Gasteiger partial charge on any atom is -0.307 e. The fourth-order valence-corrected chi connectivity index (χ4v) is 2.53. The van der Waals surface area contributed by atoms with E-state index in [9.17, 15) is 4.79 Å². The van der Waals surface area contributed by atoms with Gasteiger partial charge in [-0.2, -0.15) is 5.10 Å². The summed E-state index contributed by atoms with van der Waals surface area (Å²) >= 11 is 0. The molecular weight excluding hydrogens is 298 g/mol. The predicted octanol–water partition coefficient (Wildman–Crippen LogP) is 4.80. The van der Waals surface area contributed by atoms with E-state index < -0.39 is 0 Å². The third kappa shape index (κ3) is 3.69. The molecular formula is C20H29N3O. The van der Waals surface area contributed by atoms with E-state index in [1.807, 2.05) is 42.8 Å². The number of rotatable bonds is 2. The van der Waals surface area contributed by atoms with E-state index >= 15 is 0 Å². The fourth-order valence-electron chi connectivity index (χ4n) is 2.53. The number of aryl methyl sites for hydroxylation is 1. The highest BCUT2D eigenvalue weighted by molar-refractivity contribution is 6.05. The quantitative estimate of drug-likeness (QED) is 0.861. The second-order valence-electron chi connectivity index (χ2n) is 8.45. The van der Waals surface area contributed by atoms with Crippen LogP contribution in [0.25, 0.3) is 0 Å². The van der Waals surface area contributed by atoms with Crippen molar-refractivity contribution in [1.82, 2.24) is 9.78 Å². The van der Waals surface area contributed by atoms with Crippen LogP contribution in [-0.4, -0.2) is 15.7 Å². The van der Waals surface area contributed by atoms with Crippen LogP contribution in [-0.2, 0) is 11.0 Å². The lowest BCUT2D eigenvalue weighted by molar-refractivity contribution is 0.102. The van der Waals surface area contributed by atoms with Gasteiger partial charge in [0.2, 0.25) is 0 Å². The average molecular weight is 327 g/mol. The first kappa shape index (κ1) is 18.2. The van der Waals surface area contributed by atoms with E-state index in [0.717, 1.165) is 22.6 Å². The molecule has 0 atom stereocenters. The summed E-state index contributed by atoms with van der Waals surface area (Å²) in [4.78, 5) is 12.8. The Bertz CT molecular complexity index is 758. The summed E-state index contributed by atoms with van der Waals surface area (Å²) in [6.07, 6.45) is 0. The van der Waals surface area contributed by atoms with Gasteiger partial charge in [-0.25, -0.2) is 4.68 Å². The van der Waals surface area contributed by atoms with Gasteiger partial charge in [-0.15, -0.1) is 0 Å². The Labute approximate surface area is 145 Å². The van der Waals surface area contributed by atoms with Gasteiger partial charge in [0.25, 0.3) is 5.91 Å². The molecule has 0 unspecified atom stereocenters. The number of benzene rings is 1. The molecule has 1 heterocycles. The largest absolute Gasteiger partial charge is 0.307 e. The second kappa shape index (κ2) is 6.08. The van der Waals surface area contributed by atoms with Crippen LogP contribution < -0.4 is 5.32 Å². The number of hydrogen-bond donors (Lipinski definition) is 1. The molecule has 0 aliphatic rings. The van der Waals surface area contributed by atoms with Gasteiger partial charge in [0.15, 0.2) is 0 Å². The first-order valence-corrected chi connectivity index (χ1v) is 8.40. The van der Waals surface area contributed by atoms with E-state index in [1.165, 1.54) is 0 Å². The van der Waals surface area contributed by atoms with Gasteiger partial charge in [-0.3, -0.25) is 4.79 Å². The van der Waals surface area contributed by atoms with Gasteiger partial charge in [-0.05, 0) is 51.8 Å². The number of carbonyl (C=O) groups is 1. The van der Waals surface area contributed by atoms with Crippen LogP contribution in [0.3, 0.4) is 0 Å². The number of hydrogen-bond acceptors (Lipinski definition) is 2. The zero-order valence-electron chi connectivity index (χ0n) is 16.1. The van der Waals surface area contributed by atoms with E-state index in [0.29, 0.717) is 5.56 Å². The van der Waals surface area contributed by atoms with Gasteiger partial charge < -0.3 is 5.32 Å². The molecule has 1 aromatic carbocycles. The fraction of sp³-hybridized carbons (Fsp3) is 0.500.